The van der Waals surface area contributed by atoms with Gasteiger partial charge in [-0.25, -0.2) is 0 Å². The Morgan fingerprint density at radius 2 is 1.85 bits per heavy atom. The number of hydrogen-bond acceptors (Lipinski definition) is 5. The lowest BCUT2D eigenvalue weighted by atomic mass is 10.2. The molecule has 1 N–H and O–H groups in total. The third-order valence-corrected chi connectivity index (χ3v) is 5.30. The molecule has 3 rings (SSSR count). The molecular weight excluding hydrogens is 382 g/mol. The number of halogens is 1. The minimum atomic E-state index is -0.0973. The summed E-state index contributed by atoms with van der Waals surface area (Å²) < 4.78 is 1.84. The number of anilines is 2. The van der Waals surface area contributed by atoms with Gasteiger partial charge in [-0.3, -0.25) is 4.79 Å². The summed E-state index contributed by atoms with van der Waals surface area (Å²) in [5, 5.41) is 12.5. The Hall–Kier alpha value is -2.51. The maximum atomic E-state index is 12.2. The van der Waals surface area contributed by atoms with Gasteiger partial charge in [-0.2, -0.15) is 0 Å². The molecule has 2 aromatic carbocycles. The molecule has 0 aliphatic carbocycles. The number of nitrogens with one attached hydrogen (secondary N) is 1. The highest BCUT2D eigenvalue weighted by Gasteiger charge is 2.14. The van der Waals surface area contributed by atoms with E-state index < -0.39 is 0 Å². The van der Waals surface area contributed by atoms with Crippen LogP contribution in [0.4, 0.5) is 11.4 Å². The van der Waals surface area contributed by atoms with Gasteiger partial charge < -0.3 is 14.8 Å². The lowest BCUT2D eigenvalue weighted by Crippen LogP contribution is -2.15. The molecule has 0 spiro atoms. The van der Waals surface area contributed by atoms with Gasteiger partial charge in [-0.05, 0) is 36.4 Å². The monoisotopic (exact) mass is 401 g/mol. The van der Waals surface area contributed by atoms with Crippen molar-refractivity contribution in [3.63, 3.8) is 0 Å². The van der Waals surface area contributed by atoms with E-state index in [0.717, 1.165) is 16.9 Å². The molecule has 0 aliphatic rings. The predicted molar refractivity (Wildman–Crippen MR) is 112 cm³/mol. The van der Waals surface area contributed by atoms with Crippen molar-refractivity contribution < 1.29 is 4.79 Å². The van der Waals surface area contributed by atoms with Gasteiger partial charge in [0.2, 0.25) is 5.91 Å². The molecule has 8 heteroatoms. The van der Waals surface area contributed by atoms with Crippen molar-refractivity contribution in [2.45, 2.75) is 5.16 Å². The zero-order valence-corrected chi connectivity index (χ0v) is 16.9. The van der Waals surface area contributed by atoms with E-state index in [1.54, 1.807) is 0 Å². The molecule has 0 aliphatic heterocycles. The lowest BCUT2D eigenvalue weighted by Gasteiger charge is -2.13. The summed E-state index contributed by atoms with van der Waals surface area (Å²) in [4.78, 5) is 14.2. The van der Waals surface area contributed by atoms with Crippen LogP contribution in [0.5, 0.6) is 0 Å². The highest BCUT2D eigenvalue weighted by Crippen LogP contribution is 2.28. The first-order chi connectivity index (χ1) is 13.0. The van der Waals surface area contributed by atoms with Gasteiger partial charge in [0.25, 0.3) is 0 Å². The van der Waals surface area contributed by atoms with Crippen LogP contribution in [0.25, 0.3) is 11.4 Å². The molecule has 0 atom stereocenters. The molecule has 0 bridgehead atoms. The Bertz CT molecular complexity index is 940. The fourth-order valence-corrected chi connectivity index (χ4v) is 3.42. The van der Waals surface area contributed by atoms with Gasteiger partial charge in [0.1, 0.15) is 0 Å². The minimum Gasteiger partial charge on any atom is -0.378 e. The zero-order valence-electron chi connectivity index (χ0n) is 15.3. The smallest absolute Gasteiger partial charge is 0.234 e. The van der Waals surface area contributed by atoms with Crippen molar-refractivity contribution in [1.29, 1.82) is 0 Å². The van der Waals surface area contributed by atoms with Crippen LogP contribution in [0, 0.1) is 0 Å². The van der Waals surface area contributed by atoms with Crippen molar-refractivity contribution in [2.24, 2.45) is 7.05 Å². The zero-order chi connectivity index (χ0) is 19.4. The number of nitrogens with zero attached hydrogens (tertiary/aromatic N) is 4. The van der Waals surface area contributed by atoms with E-state index in [1.165, 1.54) is 11.8 Å². The number of hydrogen-bond donors (Lipinski definition) is 1. The number of rotatable bonds is 6. The van der Waals surface area contributed by atoms with Crippen molar-refractivity contribution in [1.82, 2.24) is 14.8 Å². The molecule has 6 nitrogen and oxygen atoms in total. The van der Waals surface area contributed by atoms with Crippen LogP contribution < -0.4 is 10.2 Å². The van der Waals surface area contributed by atoms with E-state index in [9.17, 15) is 4.79 Å². The molecule has 1 amide bonds. The summed E-state index contributed by atoms with van der Waals surface area (Å²) >= 11 is 7.56. The molecular formula is C19H20ClN5OS. The quantitative estimate of drug-likeness (QED) is 0.634. The van der Waals surface area contributed by atoms with Crippen LogP contribution in [0.2, 0.25) is 5.02 Å². The van der Waals surface area contributed by atoms with Gasteiger partial charge in [0.05, 0.1) is 10.8 Å². The number of carbonyl (C=O) groups is 1. The molecule has 27 heavy (non-hydrogen) atoms. The Labute approximate surface area is 167 Å². The van der Waals surface area contributed by atoms with E-state index in [2.05, 4.69) is 15.5 Å². The van der Waals surface area contributed by atoms with Gasteiger partial charge in [0.15, 0.2) is 11.0 Å². The lowest BCUT2D eigenvalue weighted by molar-refractivity contribution is -0.113. The van der Waals surface area contributed by atoms with E-state index >= 15 is 0 Å². The standard InChI is InChI=1S/C19H20ClN5OS/c1-24(2)14-10-8-13(9-11-14)21-17(26)12-27-19-23-22-18(25(19)3)15-6-4-5-7-16(15)20/h4-11H,12H2,1-3H3,(H,21,26). The Balaban J connectivity index is 1.62. The molecule has 1 heterocycles. The first-order valence-corrected chi connectivity index (χ1v) is 9.66. The molecule has 0 saturated heterocycles. The first kappa shape index (κ1) is 19.3. The Morgan fingerprint density at radius 1 is 1.15 bits per heavy atom. The van der Waals surface area contributed by atoms with Gasteiger partial charge in [-0.15, -0.1) is 10.2 Å². The first-order valence-electron chi connectivity index (χ1n) is 8.30. The Morgan fingerprint density at radius 3 is 2.52 bits per heavy atom. The predicted octanol–water partition coefficient (Wildman–Crippen LogP) is 3.93. The van der Waals surface area contributed by atoms with Crippen LogP contribution in [0.1, 0.15) is 0 Å². The minimum absolute atomic E-state index is 0.0973. The van der Waals surface area contributed by atoms with Crippen molar-refractivity contribution in [3.8, 4) is 11.4 Å². The highest BCUT2D eigenvalue weighted by molar-refractivity contribution is 7.99. The average Bonchev–Trinajstić information content (AvgIpc) is 3.01. The summed E-state index contributed by atoms with van der Waals surface area (Å²) in [6, 6.07) is 15.2. The van der Waals surface area contributed by atoms with Crippen LogP contribution in [-0.4, -0.2) is 40.5 Å². The van der Waals surface area contributed by atoms with Gasteiger partial charge in [0, 0.05) is 38.1 Å². The molecule has 0 fully saturated rings. The summed E-state index contributed by atoms with van der Waals surface area (Å²) in [5.41, 5.74) is 2.65. The fraction of sp³-hybridized carbons (Fsp3) is 0.211. The number of benzene rings is 2. The normalized spacial score (nSPS) is 10.7. The second kappa shape index (κ2) is 8.45. The number of aromatic nitrogens is 3. The van der Waals surface area contributed by atoms with E-state index in [1.807, 2.05) is 79.1 Å². The summed E-state index contributed by atoms with van der Waals surface area (Å²) in [5.74, 6) is 0.812. The Kier molecular flexibility index (Phi) is 6.03. The van der Waals surface area contributed by atoms with Crippen LogP contribution in [0.15, 0.2) is 53.7 Å². The summed E-state index contributed by atoms with van der Waals surface area (Å²) in [6.45, 7) is 0. The maximum absolute atomic E-state index is 12.2. The van der Waals surface area contributed by atoms with E-state index in [0.29, 0.717) is 16.0 Å². The third kappa shape index (κ3) is 4.61. The molecule has 1 aromatic heterocycles. The second-order valence-corrected chi connectivity index (χ2v) is 7.47. The molecule has 0 saturated carbocycles. The number of carbonyl (C=O) groups excluding carboxylic acids is 1. The van der Waals surface area contributed by atoms with Gasteiger partial charge in [-0.1, -0.05) is 35.5 Å². The topological polar surface area (TPSA) is 63.1 Å². The van der Waals surface area contributed by atoms with Crippen molar-refractivity contribution in [2.75, 3.05) is 30.1 Å². The van der Waals surface area contributed by atoms with Gasteiger partial charge >= 0.3 is 0 Å². The number of thioether (sulfide) groups is 1. The maximum Gasteiger partial charge on any atom is 0.234 e. The molecule has 3 aromatic rings. The van der Waals surface area contributed by atoms with Crippen molar-refractivity contribution in [3.05, 3.63) is 53.6 Å². The van der Waals surface area contributed by atoms with Crippen LogP contribution in [-0.2, 0) is 11.8 Å². The molecule has 0 radical (unpaired) electrons. The average molecular weight is 402 g/mol. The molecule has 140 valence electrons. The molecule has 0 unspecified atom stereocenters. The van der Waals surface area contributed by atoms with E-state index in [-0.39, 0.29) is 11.7 Å². The summed E-state index contributed by atoms with van der Waals surface area (Å²) in [6.07, 6.45) is 0. The highest BCUT2D eigenvalue weighted by atomic mass is 35.5. The third-order valence-electron chi connectivity index (χ3n) is 3.95. The van der Waals surface area contributed by atoms with Crippen molar-refractivity contribution >= 4 is 40.6 Å². The fourth-order valence-electron chi connectivity index (χ4n) is 2.49. The SMILES string of the molecule is CN(C)c1ccc(NC(=O)CSc2nnc(-c3ccccc3Cl)n2C)cc1. The largest absolute Gasteiger partial charge is 0.378 e. The van der Waals surface area contributed by atoms with E-state index in [4.69, 9.17) is 11.6 Å². The van der Waals surface area contributed by atoms with Crippen LogP contribution in [0.3, 0.4) is 0 Å². The number of amides is 1. The summed E-state index contributed by atoms with van der Waals surface area (Å²) in [7, 11) is 5.81. The van der Waals surface area contributed by atoms with Crippen LogP contribution >= 0.6 is 23.4 Å². The second-order valence-electron chi connectivity index (χ2n) is 6.12.